The normalized spacial score (nSPS) is 11.7. The van der Waals surface area contributed by atoms with E-state index in [0.29, 0.717) is 12.8 Å². The molecule has 0 saturated carbocycles. The lowest BCUT2D eigenvalue weighted by molar-refractivity contribution is -0.151. The number of Topliss-reactive ketones (excluding diaryl/α,β-unsaturated/α-hetero) is 1. The molecular formula is C15H20O4. The highest BCUT2D eigenvalue weighted by atomic mass is 16.5. The first-order valence-electron chi connectivity index (χ1n) is 6.44. The van der Waals surface area contributed by atoms with Gasteiger partial charge in [-0.15, -0.1) is 0 Å². The van der Waals surface area contributed by atoms with Crippen molar-refractivity contribution in [3.63, 3.8) is 0 Å². The molecule has 1 rings (SSSR count). The predicted octanol–water partition coefficient (Wildman–Crippen LogP) is 2.40. The van der Waals surface area contributed by atoms with E-state index in [1.807, 2.05) is 24.3 Å². The van der Waals surface area contributed by atoms with Crippen molar-refractivity contribution in [1.29, 1.82) is 0 Å². The molecule has 0 amide bonds. The zero-order valence-corrected chi connectivity index (χ0v) is 11.6. The summed E-state index contributed by atoms with van der Waals surface area (Å²) in [6, 6.07) is 7.34. The third-order valence-electron chi connectivity index (χ3n) is 2.91. The number of carbonyl (C=O) groups excluding carboxylic acids is 2. The van der Waals surface area contributed by atoms with E-state index < -0.39 is 11.9 Å². The monoisotopic (exact) mass is 264 g/mol. The molecule has 0 bridgehead atoms. The molecule has 4 nitrogen and oxygen atoms in total. The highest BCUT2D eigenvalue weighted by Crippen LogP contribution is 2.17. The average molecular weight is 264 g/mol. The van der Waals surface area contributed by atoms with E-state index in [1.165, 1.54) is 0 Å². The number of methoxy groups -OCH3 is 1. The second-order valence-electron chi connectivity index (χ2n) is 4.18. The number of carbonyl (C=O) groups is 2. The molecule has 104 valence electrons. The number of ketones is 1. The molecule has 0 heterocycles. The van der Waals surface area contributed by atoms with Crippen LogP contribution in [0.15, 0.2) is 24.3 Å². The van der Waals surface area contributed by atoms with Crippen LogP contribution in [0.4, 0.5) is 0 Å². The lowest BCUT2D eigenvalue weighted by Crippen LogP contribution is -2.27. The summed E-state index contributed by atoms with van der Waals surface area (Å²) in [6.07, 6.45) is 0.704. The van der Waals surface area contributed by atoms with E-state index >= 15 is 0 Å². The number of benzene rings is 1. The molecule has 0 spiro atoms. The van der Waals surface area contributed by atoms with Crippen LogP contribution in [0.2, 0.25) is 0 Å². The Bertz CT molecular complexity index is 422. The van der Waals surface area contributed by atoms with Gasteiger partial charge in [-0.25, -0.2) is 0 Å². The second-order valence-corrected chi connectivity index (χ2v) is 4.18. The number of esters is 1. The van der Waals surface area contributed by atoms with Crippen molar-refractivity contribution >= 4 is 11.8 Å². The maximum absolute atomic E-state index is 11.8. The van der Waals surface area contributed by atoms with Gasteiger partial charge in [0.1, 0.15) is 17.5 Å². The van der Waals surface area contributed by atoms with Crippen LogP contribution in [0.3, 0.4) is 0 Å². The fourth-order valence-corrected chi connectivity index (χ4v) is 1.82. The van der Waals surface area contributed by atoms with Gasteiger partial charge in [0.05, 0.1) is 13.7 Å². The Balaban J connectivity index is 2.81. The Morgan fingerprint density at radius 3 is 2.26 bits per heavy atom. The van der Waals surface area contributed by atoms with Crippen molar-refractivity contribution in [2.75, 3.05) is 13.7 Å². The van der Waals surface area contributed by atoms with E-state index in [9.17, 15) is 9.59 Å². The number of rotatable bonds is 7. The summed E-state index contributed by atoms with van der Waals surface area (Å²) in [5, 5.41) is 0. The summed E-state index contributed by atoms with van der Waals surface area (Å²) in [7, 11) is 1.59. The molecule has 1 aromatic rings. The van der Waals surface area contributed by atoms with Gasteiger partial charge in [0.25, 0.3) is 0 Å². The molecule has 1 unspecified atom stereocenters. The van der Waals surface area contributed by atoms with Gasteiger partial charge in [-0.1, -0.05) is 19.1 Å². The Morgan fingerprint density at radius 2 is 1.79 bits per heavy atom. The smallest absolute Gasteiger partial charge is 0.316 e. The number of hydrogen-bond donors (Lipinski definition) is 0. The summed E-state index contributed by atoms with van der Waals surface area (Å²) in [6.45, 7) is 3.77. The van der Waals surface area contributed by atoms with Gasteiger partial charge >= 0.3 is 5.97 Å². The van der Waals surface area contributed by atoms with Crippen LogP contribution in [0.1, 0.15) is 25.8 Å². The van der Waals surface area contributed by atoms with Crippen molar-refractivity contribution in [3.8, 4) is 5.75 Å². The Hall–Kier alpha value is -1.84. The van der Waals surface area contributed by atoms with Crippen molar-refractivity contribution in [3.05, 3.63) is 29.8 Å². The van der Waals surface area contributed by atoms with E-state index in [0.717, 1.165) is 11.3 Å². The van der Waals surface area contributed by atoms with Crippen LogP contribution >= 0.6 is 0 Å². The van der Waals surface area contributed by atoms with Crippen LogP contribution < -0.4 is 4.74 Å². The first kappa shape index (κ1) is 15.2. The topological polar surface area (TPSA) is 52.6 Å². The summed E-state index contributed by atoms with van der Waals surface area (Å²) in [4.78, 5) is 23.6. The molecule has 1 atom stereocenters. The predicted molar refractivity (Wildman–Crippen MR) is 72.1 cm³/mol. The van der Waals surface area contributed by atoms with Crippen LogP contribution in [-0.2, 0) is 20.7 Å². The molecule has 0 aliphatic carbocycles. The SMILES string of the molecule is CCOC(=O)C(Cc1ccc(OC)cc1)C(=O)CC. The van der Waals surface area contributed by atoms with Crippen molar-refractivity contribution in [1.82, 2.24) is 0 Å². The van der Waals surface area contributed by atoms with Gasteiger partial charge in [0.2, 0.25) is 0 Å². The molecule has 0 aromatic heterocycles. The fourth-order valence-electron chi connectivity index (χ4n) is 1.82. The zero-order chi connectivity index (χ0) is 14.3. The maximum Gasteiger partial charge on any atom is 0.316 e. The van der Waals surface area contributed by atoms with Crippen molar-refractivity contribution in [2.45, 2.75) is 26.7 Å². The lowest BCUT2D eigenvalue weighted by atomic mass is 9.94. The highest BCUT2D eigenvalue weighted by molar-refractivity contribution is 5.99. The number of ether oxygens (including phenoxy) is 2. The first-order chi connectivity index (χ1) is 9.12. The molecular weight excluding hydrogens is 244 g/mol. The first-order valence-corrected chi connectivity index (χ1v) is 6.44. The third-order valence-corrected chi connectivity index (χ3v) is 2.91. The standard InChI is InChI=1S/C15H20O4/c1-4-14(16)13(15(17)19-5-2)10-11-6-8-12(18-3)9-7-11/h6-9,13H,4-5,10H2,1-3H3. The lowest BCUT2D eigenvalue weighted by Gasteiger charge is -2.14. The summed E-state index contributed by atoms with van der Waals surface area (Å²) >= 11 is 0. The minimum Gasteiger partial charge on any atom is -0.497 e. The molecule has 4 heteroatoms. The second kappa shape index (κ2) is 7.56. The molecule has 0 fully saturated rings. The Labute approximate surface area is 113 Å². The fraction of sp³-hybridized carbons (Fsp3) is 0.467. The van der Waals surface area contributed by atoms with E-state index in [1.54, 1.807) is 21.0 Å². The molecule has 0 N–H and O–H groups in total. The molecule has 19 heavy (non-hydrogen) atoms. The Morgan fingerprint density at radius 1 is 1.16 bits per heavy atom. The average Bonchev–Trinajstić information content (AvgIpc) is 2.44. The molecule has 0 saturated heterocycles. The number of hydrogen-bond acceptors (Lipinski definition) is 4. The van der Waals surface area contributed by atoms with Gasteiger partial charge in [-0.3, -0.25) is 9.59 Å². The minimum absolute atomic E-state index is 0.0886. The minimum atomic E-state index is -0.710. The molecule has 0 aliphatic heterocycles. The van der Waals surface area contributed by atoms with Crippen LogP contribution in [0.5, 0.6) is 5.75 Å². The van der Waals surface area contributed by atoms with Gasteiger partial charge in [0.15, 0.2) is 0 Å². The molecule has 1 aromatic carbocycles. The largest absolute Gasteiger partial charge is 0.497 e. The molecule has 0 aliphatic rings. The zero-order valence-electron chi connectivity index (χ0n) is 11.6. The molecule has 0 radical (unpaired) electrons. The van der Waals surface area contributed by atoms with Gasteiger partial charge in [0, 0.05) is 6.42 Å². The summed E-state index contributed by atoms with van der Waals surface area (Å²) in [5.74, 6) is -0.490. The van der Waals surface area contributed by atoms with Gasteiger partial charge in [-0.05, 0) is 31.0 Å². The highest BCUT2D eigenvalue weighted by Gasteiger charge is 2.26. The summed E-state index contributed by atoms with van der Waals surface area (Å²) in [5.41, 5.74) is 0.917. The van der Waals surface area contributed by atoms with Crippen molar-refractivity contribution in [2.24, 2.45) is 5.92 Å². The van der Waals surface area contributed by atoms with Crippen LogP contribution in [0, 0.1) is 5.92 Å². The van der Waals surface area contributed by atoms with Gasteiger partial charge in [-0.2, -0.15) is 0 Å². The van der Waals surface area contributed by atoms with Crippen LogP contribution in [-0.4, -0.2) is 25.5 Å². The van der Waals surface area contributed by atoms with Gasteiger partial charge < -0.3 is 9.47 Å². The maximum atomic E-state index is 11.8. The summed E-state index contributed by atoms with van der Waals surface area (Å²) < 4.78 is 10.0. The third kappa shape index (κ3) is 4.39. The van der Waals surface area contributed by atoms with Crippen LogP contribution in [0.25, 0.3) is 0 Å². The Kier molecular flexibility index (Phi) is 6.06. The van der Waals surface area contributed by atoms with Crippen molar-refractivity contribution < 1.29 is 19.1 Å². The van der Waals surface area contributed by atoms with E-state index in [2.05, 4.69) is 0 Å². The quantitative estimate of drug-likeness (QED) is 0.560. The van der Waals surface area contributed by atoms with E-state index in [-0.39, 0.29) is 12.4 Å². The van der Waals surface area contributed by atoms with E-state index in [4.69, 9.17) is 9.47 Å².